The summed E-state index contributed by atoms with van der Waals surface area (Å²) < 4.78 is 5.35. The number of likely N-dealkylation sites (tertiary alicyclic amines) is 1. The van der Waals surface area contributed by atoms with Crippen molar-refractivity contribution in [2.45, 2.75) is 38.3 Å². The second-order valence-corrected chi connectivity index (χ2v) is 7.48. The Morgan fingerprint density at radius 3 is 2.88 bits per heavy atom. The maximum atomic E-state index is 12.6. The van der Waals surface area contributed by atoms with Gasteiger partial charge >= 0.3 is 0 Å². The molecular weight excluding hydrogens is 330 g/mol. The number of hydrogen-bond donors (Lipinski definition) is 1. The van der Waals surface area contributed by atoms with Gasteiger partial charge < -0.3 is 14.5 Å². The Labute approximate surface area is 154 Å². The third kappa shape index (κ3) is 4.93. The van der Waals surface area contributed by atoms with Crippen molar-refractivity contribution in [3.63, 3.8) is 0 Å². The average Bonchev–Trinajstić information content (AvgIpc) is 3.08. The molecule has 6 heteroatoms. The van der Waals surface area contributed by atoms with Crippen LogP contribution < -0.4 is 0 Å². The highest BCUT2D eigenvalue weighted by molar-refractivity contribution is 5.92. The van der Waals surface area contributed by atoms with Gasteiger partial charge in [0.1, 0.15) is 0 Å². The van der Waals surface area contributed by atoms with Gasteiger partial charge in [0.05, 0.1) is 12.1 Å². The topological polar surface area (TPSA) is 69.8 Å². The van der Waals surface area contributed by atoms with Crippen LogP contribution in [0.1, 0.15) is 41.6 Å². The molecule has 0 saturated carbocycles. The summed E-state index contributed by atoms with van der Waals surface area (Å²) in [6, 6.07) is 12.1. The normalized spacial score (nSPS) is 20.5. The lowest BCUT2D eigenvalue weighted by Crippen LogP contribution is -2.48. The molecule has 1 saturated heterocycles. The molecule has 1 aliphatic rings. The van der Waals surface area contributed by atoms with Crippen LogP contribution in [0.15, 0.2) is 40.9 Å². The van der Waals surface area contributed by atoms with Crippen LogP contribution in [0.4, 0.5) is 0 Å². The summed E-state index contributed by atoms with van der Waals surface area (Å²) in [6.07, 6.45) is 2.47. The molecule has 2 heterocycles. The molecule has 2 aromatic rings. The van der Waals surface area contributed by atoms with Crippen LogP contribution in [0, 0.1) is 0 Å². The maximum absolute atomic E-state index is 12.6. The van der Waals surface area contributed by atoms with Gasteiger partial charge in [-0.05, 0) is 38.8 Å². The molecule has 1 aromatic carbocycles. The fourth-order valence-corrected chi connectivity index (χ4v) is 3.35. The minimum atomic E-state index is -0.821. The fourth-order valence-electron chi connectivity index (χ4n) is 3.35. The number of likely N-dealkylation sites (N-methyl/N-ethyl adjacent to an activating group) is 1. The second-order valence-electron chi connectivity index (χ2n) is 7.48. The van der Waals surface area contributed by atoms with E-state index in [-0.39, 0.29) is 5.91 Å². The number of hydrogen-bond acceptors (Lipinski definition) is 5. The molecule has 0 bridgehead atoms. The molecule has 1 amide bonds. The summed E-state index contributed by atoms with van der Waals surface area (Å²) in [5.74, 6) is 0.500. The zero-order valence-electron chi connectivity index (χ0n) is 15.5. The zero-order valence-corrected chi connectivity index (χ0v) is 15.5. The first-order chi connectivity index (χ1) is 12.4. The van der Waals surface area contributed by atoms with E-state index in [4.69, 9.17) is 4.52 Å². The number of β-amino-alcohol motifs (C(OH)–C–C–N with tert-alkyl or cyclic N) is 1. The van der Waals surface area contributed by atoms with Crippen molar-refractivity contribution in [2.24, 2.45) is 0 Å². The summed E-state index contributed by atoms with van der Waals surface area (Å²) in [6.45, 7) is 4.25. The van der Waals surface area contributed by atoms with Crippen LogP contribution in [-0.4, -0.2) is 58.3 Å². The van der Waals surface area contributed by atoms with Gasteiger partial charge in [-0.3, -0.25) is 9.69 Å². The van der Waals surface area contributed by atoms with Crippen molar-refractivity contribution >= 4 is 5.91 Å². The quantitative estimate of drug-likeness (QED) is 0.859. The Kier molecular flexibility index (Phi) is 5.74. The molecule has 140 valence electrons. The largest absolute Gasteiger partial charge is 0.388 e. The van der Waals surface area contributed by atoms with E-state index in [0.717, 1.165) is 19.4 Å². The van der Waals surface area contributed by atoms with Gasteiger partial charge in [-0.1, -0.05) is 35.5 Å². The van der Waals surface area contributed by atoms with Gasteiger partial charge in [-0.25, -0.2) is 0 Å². The summed E-state index contributed by atoms with van der Waals surface area (Å²) in [5, 5.41) is 14.1. The van der Waals surface area contributed by atoms with Crippen LogP contribution in [0.25, 0.3) is 0 Å². The molecule has 1 N–H and O–H groups in total. The second kappa shape index (κ2) is 8.01. The Morgan fingerprint density at radius 1 is 1.38 bits per heavy atom. The van der Waals surface area contributed by atoms with E-state index >= 15 is 0 Å². The highest BCUT2D eigenvalue weighted by atomic mass is 16.5. The van der Waals surface area contributed by atoms with Gasteiger partial charge in [0.15, 0.2) is 11.5 Å². The Balaban J connectivity index is 1.53. The molecule has 0 aliphatic carbocycles. The lowest BCUT2D eigenvalue weighted by Gasteiger charge is -2.36. The first kappa shape index (κ1) is 18.6. The number of rotatable bonds is 6. The summed E-state index contributed by atoms with van der Waals surface area (Å²) in [4.78, 5) is 16.4. The standard InChI is InChI=1S/C20H27N3O3/c1-20(25)10-6-11-23(15-20)19(24)18-13-17(26-21-18)14-22(2)12-9-16-7-4-3-5-8-16/h3-5,7-8,13,25H,6,9-12,14-15H2,1-2H3/t20-/m1/s1. The van der Waals surface area contributed by atoms with Gasteiger partial charge in [0.25, 0.3) is 5.91 Å². The van der Waals surface area contributed by atoms with Crippen LogP contribution >= 0.6 is 0 Å². The smallest absolute Gasteiger partial charge is 0.276 e. The molecule has 0 spiro atoms. The number of aliphatic hydroxyl groups is 1. The van der Waals surface area contributed by atoms with E-state index in [1.54, 1.807) is 17.9 Å². The van der Waals surface area contributed by atoms with Gasteiger partial charge in [0, 0.05) is 25.7 Å². The molecular formula is C20H27N3O3. The molecule has 1 fully saturated rings. The minimum Gasteiger partial charge on any atom is -0.388 e. The van der Waals surface area contributed by atoms with Gasteiger partial charge in [-0.15, -0.1) is 0 Å². The highest BCUT2D eigenvalue weighted by Gasteiger charge is 2.32. The van der Waals surface area contributed by atoms with Crippen LogP contribution in [0.5, 0.6) is 0 Å². The minimum absolute atomic E-state index is 0.174. The van der Waals surface area contributed by atoms with Crippen molar-refractivity contribution < 1.29 is 14.4 Å². The molecule has 1 atom stereocenters. The number of piperidine rings is 1. The van der Waals surface area contributed by atoms with Crippen LogP contribution in [0.3, 0.4) is 0 Å². The van der Waals surface area contributed by atoms with Gasteiger partial charge in [-0.2, -0.15) is 0 Å². The molecule has 1 aromatic heterocycles. The summed E-state index contributed by atoms with van der Waals surface area (Å²) >= 11 is 0. The number of nitrogens with zero attached hydrogens (tertiary/aromatic N) is 3. The first-order valence-electron chi connectivity index (χ1n) is 9.13. The molecule has 1 aliphatic heterocycles. The number of benzene rings is 1. The number of aromatic nitrogens is 1. The zero-order chi connectivity index (χ0) is 18.6. The van der Waals surface area contributed by atoms with E-state index < -0.39 is 5.60 Å². The molecule has 6 nitrogen and oxygen atoms in total. The lowest BCUT2D eigenvalue weighted by atomic mass is 9.95. The predicted molar refractivity (Wildman–Crippen MR) is 98.7 cm³/mol. The average molecular weight is 357 g/mol. The Bertz CT molecular complexity index is 727. The first-order valence-corrected chi connectivity index (χ1v) is 9.13. The third-order valence-corrected chi connectivity index (χ3v) is 4.79. The van der Waals surface area contributed by atoms with Gasteiger partial charge in [0.2, 0.25) is 0 Å². The van der Waals surface area contributed by atoms with E-state index in [1.165, 1.54) is 5.56 Å². The Hall–Kier alpha value is -2.18. The maximum Gasteiger partial charge on any atom is 0.276 e. The predicted octanol–water partition coefficient (Wildman–Crippen LogP) is 2.34. The van der Waals surface area contributed by atoms with Crippen molar-refractivity contribution in [2.75, 3.05) is 26.7 Å². The van der Waals surface area contributed by atoms with E-state index in [2.05, 4.69) is 22.2 Å². The molecule has 3 rings (SSSR count). The SMILES string of the molecule is CN(CCc1ccccc1)Cc1cc(C(=O)N2CCC[C@@](C)(O)C2)no1. The summed E-state index contributed by atoms with van der Waals surface area (Å²) in [7, 11) is 2.02. The monoisotopic (exact) mass is 357 g/mol. The highest BCUT2D eigenvalue weighted by Crippen LogP contribution is 2.22. The lowest BCUT2D eigenvalue weighted by molar-refractivity contribution is -0.0110. The molecule has 0 radical (unpaired) electrons. The van der Waals surface area contributed by atoms with Crippen LogP contribution in [0.2, 0.25) is 0 Å². The third-order valence-electron chi connectivity index (χ3n) is 4.79. The Morgan fingerprint density at radius 2 is 2.15 bits per heavy atom. The van der Waals surface area contributed by atoms with E-state index in [9.17, 15) is 9.90 Å². The van der Waals surface area contributed by atoms with Crippen molar-refractivity contribution in [3.8, 4) is 0 Å². The fraction of sp³-hybridized carbons (Fsp3) is 0.500. The number of carbonyl (C=O) groups is 1. The summed E-state index contributed by atoms with van der Waals surface area (Å²) in [5.41, 5.74) is 0.789. The number of carbonyl (C=O) groups excluding carboxylic acids is 1. The van der Waals surface area contributed by atoms with E-state index in [1.807, 2.05) is 25.2 Å². The van der Waals surface area contributed by atoms with Crippen molar-refractivity contribution in [3.05, 3.63) is 53.4 Å². The molecule has 0 unspecified atom stereocenters. The van der Waals surface area contributed by atoms with Crippen molar-refractivity contribution in [1.82, 2.24) is 15.0 Å². The van der Waals surface area contributed by atoms with E-state index in [0.29, 0.717) is 37.5 Å². The van der Waals surface area contributed by atoms with Crippen LogP contribution in [-0.2, 0) is 13.0 Å². The molecule has 26 heavy (non-hydrogen) atoms. The van der Waals surface area contributed by atoms with Crippen molar-refractivity contribution in [1.29, 1.82) is 0 Å². The number of amides is 1.